The zero-order chi connectivity index (χ0) is 17.6. The molecule has 5 heteroatoms. The minimum absolute atomic E-state index is 0.0331. The number of rotatable bonds is 6. The molecule has 0 spiro atoms. The van der Waals surface area contributed by atoms with Crippen LogP contribution in [0, 0.1) is 0 Å². The number of fused-ring (bicyclic) bond motifs is 1. The summed E-state index contributed by atoms with van der Waals surface area (Å²) in [7, 11) is 0. The number of carbonyl (C=O) groups is 2. The lowest BCUT2D eigenvalue weighted by atomic mass is 10.2. The van der Waals surface area contributed by atoms with Gasteiger partial charge < -0.3 is 10.2 Å². The SMILES string of the molecule is CCCC(=O)Nc1ccc(SCC(=O)N2CCc3ccccc32)cc1. The Labute approximate surface area is 152 Å². The lowest BCUT2D eigenvalue weighted by Gasteiger charge is -2.17. The van der Waals surface area contributed by atoms with Gasteiger partial charge in [-0.25, -0.2) is 0 Å². The van der Waals surface area contributed by atoms with Gasteiger partial charge in [0.1, 0.15) is 0 Å². The fourth-order valence-electron chi connectivity index (χ4n) is 2.91. The summed E-state index contributed by atoms with van der Waals surface area (Å²) in [5, 5.41) is 2.87. The molecule has 130 valence electrons. The summed E-state index contributed by atoms with van der Waals surface area (Å²) in [4.78, 5) is 27.0. The van der Waals surface area contributed by atoms with Crippen molar-refractivity contribution in [3.63, 3.8) is 0 Å². The van der Waals surface area contributed by atoms with Crippen LogP contribution in [-0.4, -0.2) is 24.1 Å². The second-order valence-corrected chi connectivity index (χ2v) is 7.08. The fourth-order valence-corrected chi connectivity index (χ4v) is 3.68. The molecule has 0 unspecified atom stereocenters. The Morgan fingerprint density at radius 3 is 2.64 bits per heavy atom. The predicted octanol–water partition coefficient (Wildman–Crippen LogP) is 4.11. The highest BCUT2D eigenvalue weighted by Crippen LogP contribution is 2.29. The third-order valence-corrected chi connectivity index (χ3v) is 5.16. The molecule has 0 aliphatic carbocycles. The number of amides is 2. The first-order valence-electron chi connectivity index (χ1n) is 8.58. The van der Waals surface area contributed by atoms with Gasteiger partial charge in [0.05, 0.1) is 5.75 Å². The number of carbonyl (C=O) groups excluding carboxylic acids is 2. The number of hydrogen-bond donors (Lipinski definition) is 1. The third kappa shape index (κ3) is 4.42. The maximum Gasteiger partial charge on any atom is 0.237 e. The molecule has 2 aromatic rings. The molecular formula is C20H22N2O2S. The molecule has 25 heavy (non-hydrogen) atoms. The van der Waals surface area contributed by atoms with Gasteiger partial charge >= 0.3 is 0 Å². The Kier molecular flexibility index (Phi) is 5.76. The number of benzene rings is 2. The number of nitrogens with zero attached hydrogens (tertiary/aromatic N) is 1. The van der Waals surface area contributed by atoms with E-state index in [1.54, 1.807) is 0 Å². The van der Waals surface area contributed by atoms with Crippen LogP contribution in [0.1, 0.15) is 25.3 Å². The van der Waals surface area contributed by atoms with Gasteiger partial charge in [0.25, 0.3) is 0 Å². The van der Waals surface area contributed by atoms with Crippen LogP contribution >= 0.6 is 11.8 Å². The second-order valence-electron chi connectivity index (χ2n) is 6.04. The van der Waals surface area contributed by atoms with E-state index in [0.29, 0.717) is 12.2 Å². The van der Waals surface area contributed by atoms with E-state index >= 15 is 0 Å². The topological polar surface area (TPSA) is 49.4 Å². The average molecular weight is 354 g/mol. The van der Waals surface area contributed by atoms with E-state index < -0.39 is 0 Å². The molecule has 3 rings (SSSR count). The highest BCUT2D eigenvalue weighted by atomic mass is 32.2. The summed E-state index contributed by atoms with van der Waals surface area (Å²) in [5.41, 5.74) is 3.08. The summed E-state index contributed by atoms with van der Waals surface area (Å²) in [6.45, 7) is 2.75. The first-order chi connectivity index (χ1) is 12.2. The minimum Gasteiger partial charge on any atom is -0.326 e. The standard InChI is InChI=1S/C20H22N2O2S/c1-2-5-19(23)21-16-8-10-17(11-9-16)25-14-20(24)22-13-12-15-6-3-4-7-18(15)22/h3-4,6-11H,2,5,12-14H2,1H3,(H,21,23). The molecule has 4 nitrogen and oxygen atoms in total. The van der Waals surface area contributed by atoms with Crippen LogP contribution in [0.4, 0.5) is 11.4 Å². The molecule has 0 aromatic heterocycles. The first kappa shape index (κ1) is 17.5. The fraction of sp³-hybridized carbons (Fsp3) is 0.300. The van der Waals surface area contributed by atoms with Crippen molar-refractivity contribution in [1.29, 1.82) is 0 Å². The predicted molar refractivity (Wildman–Crippen MR) is 103 cm³/mol. The van der Waals surface area contributed by atoms with Crippen molar-refractivity contribution in [2.45, 2.75) is 31.1 Å². The Bertz CT molecular complexity index is 759. The van der Waals surface area contributed by atoms with Gasteiger partial charge in [-0.15, -0.1) is 11.8 Å². The highest BCUT2D eigenvalue weighted by molar-refractivity contribution is 8.00. The van der Waals surface area contributed by atoms with Crippen LogP contribution in [0.15, 0.2) is 53.4 Å². The number of thioether (sulfide) groups is 1. The smallest absolute Gasteiger partial charge is 0.237 e. The van der Waals surface area contributed by atoms with Crippen molar-refractivity contribution in [3.05, 3.63) is 54.1 Å². The normalized spacial score (nSPS) is 12.8. The molecule has 0 saturated carbocycles. The Morgan fingerprint density at radius 2 is 1.88 bits per heavy atom. The molecule has 1 heterocycles. The molecular weight excluding hydrogens is 332 g/mol. The summed E-state index contributed by atoms with van der Waals surface area (Å²) < 4.78 is 0. The molecule has 0 atom stereocenters. The van der Waals surface area contributed by atoms with Crippen LogP contribution in [0.5, 0.6) is 0 Å². The third-order valence-electron chi connectivity index (χ3n) is 4.17. The van der Waals surface area contributed by atoms with E-state index in [0.717, 1.165) is 35.7 Å². The first-order valence-corrected chi connectivity index (χ1v) is 9.57. The van der Waals surface area contributed by atoms with Crippen molar-refractivity contribution in [1.82, 2.24) is 0 Å². The van der Waals surface area contributed by atoms with E-state index in [2.05, 4.69) is 11.4 Å². The zero-order valence-electron chi connectivity index (χ0n) is 14.3. The van der Waals surface area contributed by atoms with E-state index in [4.69, 9.17) is 0 Å². The van der Waals surface area contributed by atoms with Gasteiger partial charge in [0, 0.05) is 29.2 Å². The van der Waals surface area contributed by atoms with E-state index in [1.807, 2.05) is 54.3 Å². The van der Waals surface area contributed by atoms with Gasteiger partial charge in [-0.1, -0.05) is 25.1 Å². The molecule has 0 bridgehead atoms. The average Bonchev–Trinajstić information content (AvgIpc) is 3.05. The van der Waals surface area contributed by atoms with Crippen LogP contribution in [0.3, 0.4) is 0 Å². The number of hydrogen-bond acceptors (Lipinski definition) is 3. The van der Waals surface area contributed by atoms with Gasteiger partial charge in [-0.05, 0) is 48.7 Å². The molecule has 1 aliphatic heterocycles. The molecule has 2 amide bonds. The zero-order valence-corrected chi connectivity index (χ0v) is 15.1. The van der Waals surface area contributed by atoms with Crippen molar-refractivity contribution in [3.8, 4) is 0 Å². The van der Waals surface area contributed by atoms with Crippen molar-refractivity contribution in [2.75, 3.05) is 22.5 Å². The minimum atomic E-state index is 0.0331. The highest BCUT2D eigenvalue weighted by Gasteiger charge is 2.23. The van der Waals surface area contributed by atoms with Crippen molar-refractivity contribution >= 4 is 35.0 Å². The second kappa shape index (κ2) is 8.21. The van der Waals surface area contributed by atoms with E-state index in [9.17, 15) is 9.59 Å². The summed E-state index contributed by atoms with van der Waals surface area (Å²) in [6.07, 6.45) is 2.29. The monoisotopic (exact) mass is 354 g/mol. The molecule has 1 N–H and O–H groups in total. The number of anilines is 2. The number of nitrogens with one attached hydrogen (secondary N) is 1. The lowest BCUT2D eigenvalue weighted by Crippen LogP contribution is -2.30. The number of para-hydroxylation sites is 1. The summed E-state index contributed by atoms with van der Waals surface area (Å²) >= 11 is 1.52. The van der Waals surface area contributed by atoms with Gasteiger partial charge in [-0.2, -0.15) is 0 Å². The summed E-state index contributed by atoms with van der Waals surface area (Å²) in [6, 6.07) is 15.7. The van der Waals surface area contributed by atoms with E-state index in [1.165, 1.54) is 17.3 Å². The van der Waals surface area contributed by atoms with Gasteiger partial charge in [0.15, 0.2) is 0 Å². The molecule has 0 radical (unpaired) electrons. The van der Waals surface area contributed by atoms with Crippen LogP contribution in [0.2, 0.25) is 0 Å². The quantitative estimate of drug-likeness (QED) is 0.794. The molecule has 0 saturated heterocycles. The Balaban J connectivity index is 1.54. The van der Waals surface area contributed by atoms with Crippen molar-refractivity contribution in [2.24, 2.45) is 0 Å². The van der Waals surface area contributed by atoms with Crippen LogP contribution < -0.4 is 10.2 Å². The van der Waals surface area contributed by atoms with Crippen LogP contribution in [-0.2, 0) is 16.0 Å². The molecule has 2 aromatic carbocycles. The molecule has 0 fully saturated rings. The maximum absolute atomic E-state index is 12.5. The maximum atomic E-state index is 12.5. The van der Waals surface area contributed by atoms with Crippen molar-refractivity contribution < 1.29 is 9.59 Å². The van der Waals surface area contributed by atoms with Gasteiger partial charge in [0.2, 0.25) is 11.8 Å². The van der Waals surface area contributed by atoms with E-state index in [-0.39, 0.29) is 11.8 Å². The van der Waals surface area contributed by atoms with Gasteiger partial charge in [-0.3, -0.25) is 9.59 Å². The summed E-state index contributed by atoms with van der Waals surface area (Å²) in [5.74, 6) is 0.580. The largest absolute Gasteiger partial charge is 0.326 e. The lowest BCUT2D eigenvalue weighted by molar-refractivity contribution is -0.117. The Hall–Kier alpha value is -2.27. The Morgan fingerprint density at radius 1 is 1.12 bits per heavy atom. The molecule has 1 aliphatic rings. The van der Waals surface area contributed by atoms with Crippen LogP contribution in [0.25, 0.3) is 0 Å².